The van der Waals surface area contributed by atoms with Crippen LogP contribution in [-0.4, -0.2) is 76.4 Å². The number of aromatic hydroxyl groups is 1. The van der Waals surface area contributed by atoms with Gasteiger partial charge in [0.2, 0.25) is 0 Å². The van der Waals surface area contributed by atoms with Crippen molar-refractivity contribution >= 4 is 20.1 Å². The van der Waals surface area contributed by atoms with Gasteiger partial charge in [-0.1, -0.05) is 63.6 Å². The first-order chi connectivity index (χ1) is 24.1. The number of hydrogen-bond acceptors (Lipinski definition) is 10. The van der Waals surface area contributed by atoms with Crippen LogP contribution < -0.4 is 4.74 Å². The van der Waals surface area contributed by atoms with E-state index in [1.165, 1.54) is 13.2 Å². The van der Waals surface area contributed by atoms with Crippen molar-refractivity contribution in [2.24, 2.45) is 5.92 Å². The number of carbonyl (C=O) groups is 2. The van der Waals surface area contributed by atoms with Gasteiger partial charge in [-0.25, -0.2) is 4.79 Å². The molecular weight excluding hydrogens is 669 g/mol. The molecule has 0 radical (unpaired) electrons. The van der Waals surface area contributed by atoms with Gasteiger partial charge >= 0.3 is 5.97 Å². The monoisotopic (exact) mass is 726 g/mol. The molecule has 282 valence electrons. The van der Waals surface area contributed by atoms with Crippen molar-refractivity contribution in [3.05, 3.63) is 71.8 Å². The maximum atomic E-state index is 13.9. The van der Waals surface area contributed by atoms with Crippen LogP contribution in [0.15, 0.2) is 55.1 Å². The average Bonchev–Trinajstić information content (AvgIpc) is 3.39. The lowest BCUT2D eigenvalue weighted by molar-refractivity contribution is -0.204. The fourth-order valence-corrected chi connectivity index (χ4v) is 8.07. The summed E-state index contributed by atoms with van der Waals surface area (Å²) in [4.78, 5) is 26.7. The van der Waals surface area contributed by atoms with E-state index in [9.17, 15) is 14.7 Å². The molecule has 10 nitrogen and oxygen atoms in total. The van der Waals surface area contributed by atoms with Crippen LogP contribution in [0.3, 0.4) is 0 Å². The van der Waals surface area contributed by atoms with Crippen molar-refractivity contribution in [1.29, 1.82) is 0 Å². The van der Waals surface area contributed by atoms with Crippen LogP contribution in [0, 0.1) is 5.92 Å². The van der Waals surface area contributed by atoms with E-state index in [4.69, 9.17) is 32.8 Å². The minimum atomic E-state index is -2.37. The summed E-state index contributed by atoms with van der Waals surface area (Å²) in [5.74, 6) is -2.16. The zero-order valence-electron chi connectivity index (χ0n) is 31.7. The number of phenolic OH excluding ortho intramolecular Hbond substituents is 1. The molecule has 1 saturated carbocycles. The van der Waals surface area contributed by atoms with E-state index in [2.05, 4.69) is 40.4 Å². The largest absolute Gasteiger partial charge is 0.507 e. The van der Waals surface area contributed by atoms with Crippen LogP contribution in [0.1, 0.15) is 87.7 Å². The first-order valence-electron chi connectivity index (χ1n) is 18.0. The summed E-state index contributed by atoms with van der Waals surface area (Å²) >= 11 is 0. The first kappa shape index (κ1) is 40.7. The van der Waals surface area contributed by atoms with Crippen molar-refractivity contribution in [2.75, 3.05) is 21.0 Å². The lowest BCUT2D eigenvalue weighted by atomic mass is 9.87. The average molecular weight is 727 g/mol. The molecule has 2 aliphatic rings. The molecule has 1 spiro atoms. The molecule has 2 aromatic rings. The lowest BCUT2D eigenvalue weighted by Gasteiger charge is -2.44. The Balaban J connectivity index is 1.56. The molecule has 0 bridgehead atoms. The molecular formula is C40H58O10Si. The molecule has 5 atom stereocenters. The van der Waals surface area contributed by atoms with Crippen LogP contribution in [-0.2, 0) is 45.9 Å². The van der Waals surface area contributed by atoms with Gasteiger partial charge in [0.05, 0.1) is 25.9 Å². The highest BCUT2D eigenvalue weighted by Crippen LogP contribution is 2.45. The number of carbonyl (C=O) groups excluding carboxylic acids is 2. The molecule has 1 heterocycles. The Labute approximate surface area is 304 Å². The molecule has 0 unspecified atom stereocenters. The molecule has 11 heteroatoms. The predicted molar refractivity (Wildman–Crippen MR) is 197 cm³/mol. The molecule has 1 aliphatic carbocycles. The number of benzene rings is 2. The summed E-state index contributed by atoms with van der Waals surface area (Å²) in [6.07, 6.45) is 4.72. The van der Waals surface area contributed by atoms with E-state index in [1.54, 1.807) is 19.3 Å². The lowest BCUT2D eigenvalue weighted by Crippen LogP contribution is -2.55. The van der Waals surface area contributed by atoms with Crippen molar-refractivity contribution in [3.8, 4) is 11.5 Å². The number of esters is 1. The Bertz CT molecular complexity index is 1460. The summed E-state index contributed by atoms with van der Waals surface area (Å²) < 4.78 is 43.1. The third-order valence-corrected chi connectivity index (χ3v) is 15.0. The fraction of sp³-hybridized carbons (Fsp3) is 0.600. The smallest absolute Gasteiger partial charge is 0.341 e. The zero-order chi connectivity index (χ0) is 37.4. The van der Waals surface area contributed by atoms with Gasteiger partial charge in [0.15, 0.2) is 20.9 Å². The highest BCUT2D eigenvalue weighted by atomic mass is 28.4. The molecule has 4 rings (SSSR count). The van der Waals surface area contributed by atoms with Gasteiger partial charge in [-0.05, 0) is 55.1 Å². The number of Topliss-reactive ketones (excluding diaryl/α,β-unsaturated/α-hetero) is 1. The summed E-state index contributed by atoms with van der Waals surface area (Å²) in [6.45, 7) is 17.3. The Kier molecular flexibility index (Phi) is 14.1. The molecule has 1 aliphatic heterocycles. The second kappa shape index (κ2) is 17.6. The molecule has 1 N–H and O–H groups in total. The topological polar surface area (TPSA) is 119 Å². The molecule has 2 fully saturated rings. The summed E-state index contributed by atoms with van der Waals surface area (Å²) in [5.41, 5.74) is 1.16. The van der Waals surface area contributed by atoms with E-state index in [1.807, 2.05) is 37.3 Å². The Morgan fingerprint density at radius 2 is 1.76 bits per heavy atom. The minimum Gasteiger partial charge on any atom is -0.507 e. The second-order valence-electron chi connectivity index (χ2n) is 15.3. The number of hydrogen-bond donors (Lipinski definition) is 1. The van der Waals surface area contributed by atoms with Gasteiger partial charge in [-0.15, -0.1) is 6.58 Å². The summed E-state index contributed by atoms with van der Waals surface area (Å²) in [6, 6.07) is 12.5. The highest BCUT2D eigenvalue weighted by Gasteiger charge is 2.54. The van der Waals surface area contributed by atoms with Crippen LogP contribution in [0.25, 0.3) is 0 Å². The number of rotatable bonds is 17. The van der Waals surface area contributed by atoms with Crippen LogP contribution >= 0.6 is 0 Å². The van der Waals surface area contributed by atoms with Crippen molar-refractivity contribution < 1.29 is 47.5 Å². The number of methoxy groups -OCH3 is 2. The standard InChI is InChI=1S/C40H58O10Si/c1-10-29(36(44-6)37(50-51(8,9)39(3,4)5)35-27(2)48-40(49-35)19-15-12-16-20-40)21-31(41)22-30-23-32(24-33(42)34(30)38(43)45-7)47-26-46-25-28-17-13-11-14-18-28/h10-11,13-14,17-18,23-24,27,29,35-37,42H,1,12,15-16,19-22,25-26H2,2-9H3/t27-,29+,35+,36+,37+/m1/s1. The van der Waals surface area contributed by atoms with Gasteiger partial charge in [-0.3, -0.25) is 4.79 Å². The van der Waals surface area contributed by atoms with E-state index < -0.39 is 44.3 Å². The number of ketones is 1. The SMILES string of the molecule is C=C[C@@H](CC(=O)Cc1cc(OCOCc2ccccc2)cc(O)c1C(=O)OC)[C@H](OC)[C@@H](O[Si](C)(C)C(C)(C)C)[C@H]1OC2(CCCCC2)O[C@@H]1C. The fourth-order valence-electron chi connectivity index (χ4n) is 6.77. The van der Waals surface area contributed by atoms with Crippen LogP contribution in [0.2, 0.25) is 18.1 Å². The van der Waals surface area contributed by atoms with E-state index in [-0.39, 0.29) is 59.2 Å². The first-order valence-corrected chi connectivity index (χ1v) is 20.9. The van der Waals surface area contributed by atoms with E-state index in [0.29, 0.717) is 6.61 Å². The quantitative estimate of drug-likeness (QED) is 0.0567. The molecule has 1 saturated heterocycles. The molecule has 51 heavy (non-hydrogen) atoms. The van der Waals surface area contributed by atoms with Gasteiger partial charge in [0.25, 0.3) is 0 Å². The maximum absolute atomic E-state index is 13.9. The molecule has 2 aromatic carbocycles. The van der Waals surface area contributed by atoms with Crippen LogP contribution in [0.4, 0.5) is 0 Å². The molecule has 0 aromatic heterocycles. The third kappa shape index (κ3) is 10.3. The highest BCUT2D eigenvalue weighted by molar-refractivity contribution is 6.74. The minimum absolute atomic E-state index is 0.0408. The third-order valence-electron chi connectivity index (χ3n) is 10.5. The Hall–Kier alpha value is -3.06. The van der Waals surface area contributed by atoms with Gasteiger partial charge in [0.1, 0.15) is 35.1 Å². The molecule has 0 amide bonds. The van der Waals surface area contributed by atoms with Gasteiger partial charge in [-0.2, -0.15) is 0 Å². The van der Waals surface area contributed by atoms with Gasteiger partial charge < -0.3 is 38.0 Å². The number of phenols is 1. The van der Waals surface area contributed by atoms with Crippen molar-refractivity contribution in [3.63, 3.8) is 0 Å². The van der Waals surface area contributed by atoms with Crippen LogP contribution in [0.5, 0.6) is 11.5 Å². The Morgan fingerprint density at radius 3 is 2.37 bits per heavy atom. The second-order valence-corrected chi connectivity index (χ2v) is 20.1. The maximum Gasteiger partial charge on any atom is 0.341 e. The van der Waals surface area contributed by atoms with E-state index in [0.717, 1.165) is 37.7 Å². The normalized spacial score (nSPS) is 20.8. The van der Waals surface area contributed by atoms with E-state index >= 15 is 0 Å². The van der Waals surface area contributed by atoms with Crippen molar-refractivity contribution in [1.82, 2.24) is 0 Å². The number of ether oxygens (including phenoxy) is 6. The van der Waals surface area contributed by atoms with Crippen molar-refractivity contribution in [2.45, 2.75) is 128 Å². The zero-order valence-corrected chi connectivity index (χ0v) is 32.7. The summed E-state index contributed by atoms with van der Waals surface area (Å²) in [7, 11) is 0.475. The van der Waals surface area contributed by atoms with Gasteiger partial charge in [0, 0.05) is 44.8 Å². The Morgan fingerprint density at radius 1 is 1.08 bits per heavy atom. The predicted octanol–water partition coefficient (Wildman–Crippen LogP) is 7.91. The summed E-state index contributed by atoms with van der Waals surface area (Å²) in [5, 5.41) is 10.8.